The molecule has 0 amide bonds. The molecule has 64 valence electrons. The molecule has 0 saturated heterocycles. The predicted molar refractivity (Wildman–Crippen MR) is 44.1 cm³/mol. The van der Waals surface area contributed by atoms with E-state index in [9.17, 15) is 10.2 Å². The van der Waals surface area contributed by atoms with Crippen molar-refractivity contribution >= 4 is 0 Å². The molecule has 0 aromatic heterocycles. The van der Waals surface area contributed by atoms with Gasteiger partial charge in [0.1, 0.15) is 0 Å². The van der Waals surface area contributed by atoms with E-state index in [4.69, 9.17) is 0 Å². The minimum Gasteiger partial charge on any atom is -0.393 e. The topological polar surface area (TPSA) is 40.5 Å². The van der Waals surface area contributed by atoms with Crippen LogP contribution in [0.2, 0.25) is 0 Å². The van der Waals surface area contributed by atoms with Gasteiger partial charge >= 0.3 is 0 Å². The maximum absolute atomic E-state index is 9.45. The normalized spacial score (nSPS) is 44.3. The van der Waals surface area contributed by atoms with Crippen molar-refractivity contribution in [1.29, 1.82) is 0 Å². The van der Waals surface area contributed by atoms with Crippen LogP contribution in [0.3, 0.4) is 0 Å². The number of aliphatic hydroxyl groups excluding tert-OH is 2. The molecule has 0 aromatic rings. The maximum atomic E-state index is 9.45. The highest BCUT2D eigenvalue weighted by Gasteiger charge is 2.38. The van der Waals surface area contributed by atoms with Gasteiger partial charge in [0, 0.05) is 12.3 Å². The predicted octanol–water partition coefficient (Wildman–Crippen LogP) is 0.940. The van der Waals surface area contributed by atoms with Gasteiger partial charge < -0.3 is 10.2 Å². The van der Waals surface area contributed by atoms with E-state index < -0.39 is 0 Å². The van der Waals surface area contributed by atoms with Gasteiger partial charge in [-0.2, -0.15) is 0 Å². The van der Waals surface area contributed by atoms with Gasteiger partial charge in [-0.05, 0) is 5.92 Å². The van der Waals surface area contributed by atoms with Gasteiger partial charge in [0.25, 0.3) is 0 Å². The lowest BCUT2D eigenvalue weighted by Gasteiger charge is -2.17. The first kappa shape index (κ1) is 8.75. The molecule has 0 radical (unpaired) electrons. The molecule has 0 heterocycles. The lowest BCUT2D eigenvalue weighted by Crippen LogP contribution is -2.19. The average Bonchev–Trinajstić information content (AvgIpc) is 2.24. The lowest BCUT2D eigenvalue weighted by atomic mass is 9.92. The molecule has 4 atom stereocenters. The van der Waals surface area contributed by atoms with Crippen molar-refractivity contribution in [3.8, 4) is 0 Å². The maximum Gasteiger partial charge on any atom is 0.0631 e. The Morgan fingerprint density at radius 1 is 1.45 bits per heavy atom. The second-order valence-electron chi connectivity index (χ2n) is 3.26. The zero-order valence-corrected chi connectivity index (χ0v) is 6.90. The summed E-state index contributed by atoms with van der Waals surface area (Å²) < 4.78 is 0. The van der Waals surface area contributed by atoms with Gasteiger partial charge in [-0.3, -0.25) is 0 Å². The largest absolute Gasteiger partial charge is 0.393 e. The summed E-state index contributed by atoms with van der Waals surface area (Å²) in [6, 6.07) is 0. The Balaban J connectivity index is 2.66. The standard InChI is InChI=1S/C9H16O2/c1-3-6-7(4-2)9(11)5-8(6)10/h3,6-11H,1,4-5H2,2H3/t6-,7?,8-,9+/m1/s1. The summed E-state index contributed by atoms with van der Waals surface area (Å²) in [5.74, 6) is 0.303. The highest BCUT2D eigenvalue weighted by molar-refractivity contribution is 4.98. The first-order chi connectivity index (χ1) is 5.20. The fourth-order valence-corrected chi connectivity index (χ4v) is 2.00. The molecule has 0 spiro atoms. The molecule has 2 N–H and O–H groups in total. The van der Waals surface area contributed by atoms with Crippen molar-refractivity contribution in [3.63, 3.8) is 0 Å². The van der Waals surface area contributed by atoms with Crippen LogP contribution in [0.4, 0.5) is 0 Å². The molecule has 1 rings (SSSR count). The number of rotatable bonds is 2. The molecule has 1 fully saturated rings. The molecule has 11 heavy (non-hydrogen) atoms. The molecule has 1 unspecified atom stereocenters. The van der Waals surface area contributed by atoms with Crippen molar-refractivity contribution in [1.82, 2.24) is 0 Å². The van der Waals surface area contributed by atoms with Crippen LogP contribution in [-0.2, 0) is 0 Å². The summed E-state index contributed by atoms with van der Waals surface area (Å²) >= 11 is 0. The quantitative estimate of drug-likeness (QED) is 0.584. The Bertz CT molecular complexity index is 144. The van der Waals surface area contributed by atoms with Gasteiger partial charge in [0.05, 0.1) is 12.2 Å². The summed E-state index contributed by atoms with van der Waals surface area (Å²) in [6.45, 7) is 5.68. The number of hydrogen-bond acceptors (Lipinski definition) is 2. The zero-order chi connectivity index (χ0) is 8.43. The summed E-state index contributed by atoms with van der Waals surface area (Å²) in [7, 11) is 0. The van der Waals surface area contributed by atoms with Crippen LogP contribution in [0.5, 0.6) is 0 Å². The summed E-state index contributed by atoms with van der Waals surface area (Å²) in [4.78, 5) is 0. The van der Waals surface area contributed by atoms with E-state index in [0.29, 0.717) is 6.42 Å². The van der Waals surface area contributed by atoms with Gasteiger partial charge in [0.15, 0.2) is 0 Å². The molecular formula is C9H16O2. The molecule has 0 aromatic carbocycles. The minimum absolute atomic E-state index is 0.0926. The van der Waals surface area contributed by atoms with E-state index in [1.165, 1.54) is 0 Å². The van der Waals surface area contributed by atoms with E-state index in [1.807, 2.05) is 6.92 Å². The van der Waals surface area contributed by atoms with Crippen molar-refractivity contribution in [2.24, 2.45) is 11.8 Å². The Hall–Kier alpha value is -0.340. The third kappa shape index (κ3) is 1.47. The highest BCUT2D eigenvalue weighted by Crippen LogP contribution is 2.35. The van der Waals surface area contributed by atoms with Crippen LogP contribution in [0, 0.1) is 11.8 Å². The molecule has 1 aliphatic carbocycles. The second kappa shape index (κ2) is 3.37. The van der Waals surface area contributed by atoms with Gasteiger partial charge in [0.2, 0.25) is 0 Å². The van der Waals surface area contributed by atoms with E-state index >= 15 is 0 Å². The zero-order valence-electron chi connectivity index (χ0n) is 6.90. The molecule has 0 aliphatic heterocycles. The van der Waals surface area contributed by atoms with Crippen LogP contribution in [0.25, 0.3) is 0 Å². The fourth-order valence-electron chi connectivity index (χ4n) is 2.00. The summed E-state index contributed by atoms with van der Waals surface area (Å²) in [5.41, 5.74) is 0. The third-order valence-corrected chi connectivity index (χ3v) is 2.66. The smallest absolute Gasteiger partial charge is 0.0631 e. The minimum atomic E-state index is -0.382. The first-order valence-corrected chi connectivity index (χ1v) is 4.19. The van der Waals surface area contributed by atoms with Crippen molar-refractivity contribution in [3.05, 3.63) is 12.7 Å². The first-order valence-electron chi connectivity index (χ1n) is 4.19. The van der Waals surface area contributed by atoms with Crippen LogP contribution >= 0.6 is 0 Å². The summed E-state index contributed by atoms with van der Waals surface area (Å²) in [6.07, 6.45) is 2.46. The number of hydrogen-bond donors (Lipinski definition) is 2. The molecule has 1 saturated carbocycles. The average molecular weight is 156 g/mol. The molecule has 0 bridgehead atoms. The second-order valence-corrected chi connectivity index (χ2v) is 3.26. The SMILES string of the molecule is C=C[C@@H]1C(CC)[C@@H](O)C[C@H]1O. The van der Waals surface area contributed by atoms with E-state index in [-0.39, 0.29) is 24.0 Å². The molecule has 2 heteroatoms. The molecule has 1 aliphatic rings. The summed E-state index contributed by atoms with van der Waals surface area (Å²) in [5, 5.41) is 18.9. The van der Waals surface area contributed by atoms with Crippen molar-refractivity contribution in [2.75, 3.05) is 0 Å². The number of aliphatic hydroxyl groups is 2. The lowest BCUT2D eigenvalue weighted by molar-refractivity contribution is 0.118. The third-order valence-electron chi connectivity index (χ3n) is 2.66. The Morgan fingerprint density at radius 2 is 2.09 bits per heavy atom. The van der Waals surface area contributed by atoms with Crippen molar-refractivity contribution < 1.29 is 10.2 Å². The fraction of sp³-hybridized carbons (Fsp3) is 0.778. The monoisotopic (exact) mass is 156 g/mol. The van der Waals surface area contributed by atoms with Crippen LogP contribution in [0.1, 0.15) is 19.8 Å². The molecular weight excluding hydrogens is 140 g/mol. The van der Waals surface area contributed by atoms with Gasteiger partial charge in [-0.1, -0.05) is 19.4 Å². The Morgan fingerprint density at radius 3 is 2.45 bits per heavy atom. The van der Waals surface area contributed by atoms with Crippen LogP contribution in [0.15, 0.2) is 12.7 Å². The van der Waals surface area contributed by atoms with E-state index in [1.54, 1.807) is 6.08 Å². The Kier molecular flexibility index (Phi) is 2.68. The highest BCUT2D eigenvalue weighted by atomic mass is 16.3. The van der Waals surface area contributed by atoms with Crippen molar-refractivity contribution in [2.45, 2.75) is 32.0 Å². The van der Waals surface area contributed by atoms with Gasteiger partial charge in [-0.15, -0.1) is 6.58 Å². The van der Waals surface area contributed by atoms with Gasteiger partial charge in [-0.25, -0.2) is 0 Å². The molecule has 2 nitrogen and oxygen atoms in total. The van der Waals surface area contributed by atoms with E-state index in [2.05, 4.69) is 6.58 Å². The Labute approximate surface area is 67.6 Å². The van der Waals surface area contributed by atoms with E-state index in [0.717, 1.165) is 6.42 Å². The van der Waals surface area contributed by atoms with Crippen LogP contribution in [-0.4, -0.2) is 22.4 Å². The van der Waals surface area contributed by atoms with Crippen LogP contribution < -0.4 is 0 Å².